The molecule has 0 saturated heterocycles. The van der Waals surface area contributed by atoms with Crippen LogP contribution >= 0.6 is 0 Å². The van der Waals surface area contributed by atoms with Crippen LogP contribution in [0, 0.1) is 17.1 Å². The van der Waals surface area contributed by atoms with Crippen LogP contribution in [0.15, 0.2) is 24.3 Å². The van der Waals surface area contributed by atoms with Gasteiger partial charge in [-0.1, -0.05) is 6.92 Å². The Kier molecular flexibility index (Phi) is 3.74. The second-order valence-electron chi connectivity index (χ2n) is 5.50. The van der Waals surface area contributed by atoms with E-state index in [-0.39, 0.29) is 5.82 Å². The quantitative estimate of drug-likeness (QED) is 0.857. The van der Waals surface area contributed by atoms with Crippen molar-refractivity contribution in [2.45, 2.75) is 44.9 Å². The van der Waals surface area contributed by atoms with Gasteiger partial charge in [0.15, 0.2) is 0 Å². The molecule has 0 N–H and O–H groups in total. The summed E-state index contributed by atoms with van der Waals surface area (Å²) in [6.45, 7) is 2.09. The molecule has 0 amide bonds. The molecule has 2 aromatic rings. The van der Waals surface area contributed by atoms with Crippen molar-refractivity contribution in [2.24, 2.45) is 0 Å². The number of halogens is 1. The van der Waals surface area contributed by atoms with Gasteiger partial charge >= 0.3 is 0 Å². The first-order valence-corrected chi connectivity index (χ1v) is 7.48. The predicted octanol–water partition coefficient (Wildman–Crippen LogP) is 3.91. The van der Waals surface area contributed by atoms with Crippen molar-refractivity contribution >= 4 is 0 Å². The fraction of sp³-hybridized carbons (Fsp3) is 0.412. The van der Waals surface area contributed by atoms with Gasteiger partial charge in [-0.25, -0.2) is 9.07 Å². The maximum absolute atomic E-state index is 13.1. The molecular formula is C17H18FN3. The number of fused-ring (bicyclic) bond motifs is 1. The Labute approximate surface area is 124 Å². The molecular weight excluding hydrogens is 265 g/mol. The number of hydrogen-bond donors (Lipinski definition) is 0. The van der Waals surface area contributed by atoms with E-state index in [0.717, 1.165) is 37.1 Å². The molecule has 4 heteroatoms. The van der Waals surface area contributed by atoms with Crippen LogP contribution in [-0.2, 0) is 12.8 Å². The minimum absolute atomic E-state index is 0.238. The Balaban J connectivity index is 2.11. The van der Waals surface area contributed by atoms with E-state index < -0.39 is 0 Å². The third kappa shape index (κ3) is 2.44. The number of nitriles is 1. The lowest BCUT2D eigenvalue weighted by atomic mass is 9.83. The van der Waals surface area contributed by atoms with Crippen LogP contribution in [0.1, 0.15) is 49.1 Å². The van der Waals surface area contributed by atoms with E-state index in [4.69, 9.17) is 10.4 Å². The maximum Gasteiger partial charge on any atom is 0.123 e. The average molecular weight is 283 g/mol. The second kappa shape index (κ2) is 5.69. The molecule has 1 aromatic heterocycles. The first-order valence-electron chi connectivity index (χ1n) is 7.48. The fourth-order valence-corrected chi connectivity index (χ4v) is 3.26. The highest BCUT2D eigenvalue weighted by atomic mass is 19.1. The van der Waals surface area contributed by atoms with Gasteiger partial charge in [-0.05, 0) is 49.9 Å². The van der Waals surface area contributed by atoms with Gasteiger partial charge in [-0.15, -0.1) is 0 Å². The zero-order chi connectivity index (χ0) is 14.8. The molecule has 1 aromatic carbocycles. The van der Waals surface area contributed by atoms with E-state index in [9.17, 15) is 4.39 Å². The third-order valence-corrected chi connectivity index (χ3v) is 4.22. The van der Waals surface area contributed by atoms with Crippen LogP contribution in [0.2, 0.25) is 0 Å². The lowest BCUT2D eigenvalue weighted by Crippen LogP contribution is -2.12. The highest BCUT2D eigenvalue weighted by Gasteiger charge is 2.28. The summed E-state index contributed by atoms with van der Waals surface area (Å²) in [7, 11) is 0. The van der Waals surface area contributed by atoms with Gasteiger partial charge in [0.1, 0.15) is 5.82 Å². The lowest BCUT2D eigenvalue weighted by molar-refractivity contribution is 0.548. The maximum atomic E-state index is 13.1. The van der Waals surface area contributed by atoms with E-state index >= 15 is 0 Å². The van der Waals surface area contributed by atoms with Crippen LogP contribution < -0.4 is 0 Å². The fourth-order valence-electron chi connectivity index (χ4n) is 3.26. The van der Waals surface area contributed by atoms with Gasteiger partial charge < -0.3 is 0 Å². The van der Waals surface area contributed by atoms with Crippen LogP contribution in [0.4, 0.5) is 4.39 Å². The van der Waals surface area contributed by atoms with E-state index in [1.165, 1.54) is 23.4 Å². The number of aromatic nitrogens is 2. The van der Waals surface area contributed by atoms with Crippen LogP contribution in [-0.4, -0.2) is 9.78 Å². The molecule has 3 rings (SSSR count). The summed E-state index contributed by atoms with van der Waals surface area (Å²) in [6.07, 6.45) is 4.52. The second-order valence-corrected chi connectivity index (χ2v) is 5.50. The molecule has 0 radical (unpaired) electrons. The summed E-state index contributed by atoms with van der Waals surface area (Å²) in [5.41, 5.74) is 4.43. The Morgan fingerprint density at radius 1 is 1.38 bits per heavy atom. The first-order chi connectivity index (χ1) is 10.2. The molecule has 1 unspecified atom stereocenters. The monoisotopic (exact) mass is 283 g/mol. The van der Waals surface area contributed by atoms with Crippen LogP contribution in [0.5, 0.6) is 0 Å². The number of rotatable bonds is 3. The summed E-state index contributed by atoms with van der Waals surface area (Å²) < 4.78 is 15.1. The van der Waals surface area contributed by atoms with E-state index in [0.29, 0.717) is 12.3 Å². The molecule has 21 heavy (non-hydrogen) atoms. The van der Waals surface area contributed by atoms with Gasteiger partial charge in [-0.3, -0.25) is 0 Å². The highest BCUT2D eigenvalue weighted by Crippen LogP contribution is 2.37. The minimum atomic E-state index is -0.238. The molecule has 1 aliphatic rings. The normalized spacial score (nSPS) is 17.3. The molecule has 1 heterocycles. The van der Waals surface area contributed by atoms with E-state index in [1.54, 1.807) is 12.1 Å². The van der Waals surface area contributed by atoms with Crippen molar-refractivity contribution in [2.75, 3.05) is 0 Å². The van der Waals surface area contributed by atoms with Gasteiger partial charge in [0.05, 0.1) is 17.5 Å². The number of nitrogens with zero attached hydrogens (tertiary/aromatic N) is 3. The van der Waals surface area contributed by atoms with Crippen molar-refractivity contribution in [3.05, 3.63) is 47.0 Å². The molecule has 0 aliphatic heterocycles. The Bertz CT molecular complexity index is 679. The van der Waals surface area contributed by atoms with Crippen molar-refractivity contribution in [3.8, 4) is 11.8 Å². The molecule has 0 saturated carbocycles. The zero-order valence-electron chi connectivity index (χ0n) is 12.1. The van der Waals surface area contributed by atoms with Crippen molar-refractivity contribution in [1.82, 2.24) is 9.78 Å². The van der Waals surface area contributed by atoms with Crippen LogP contribution in [0.3, 0.4) is 0 Å². The molecule has 1 atom stereocenters. The van der Waals surface area contributed by atoms with Crippen molar-refractivity contribution in [1.29, 1.82) is 5.26 Å². The summed E-state index contributed by atoms with van der Waals surface area (Å²) in [5, 5.41) is 13.8. The van der Waals surface area contributed by atoms with Gasteiger partial charge in [0, 0.05) is 23.6 Å². The van der Waals surface area contributed by atoms with Crippen LogP contribution in [0.25, 0.3) is 5.69 Å². The van der Waals surface area contributed by atoms with Gasteiger partial charge in [0.25, 0.3) is 0 Å². The topological polar surface area (TPSA) is 41.6 Å². The largest absolute Gasteiger partial charge is 0.237 e. The Morgan fingerprint density at radius 2 is 2.14 bits per heavy atom. The first kappa shape index (κ1) is 13.8. The predicted molar refractivity (Wildman–Crippen MR) is 78.8 cm³/mol. The van der Waals surface area contributed by atoms with Gasteiger partial charge in [0.2, 0.25) is 0 Å². The van der Waals surface area contributed by atoms with E-state index in [1.807, 2.05) is 4.68 Å². The van der Waals surface area contributed by atoms with Crippen molar-refractivity contribution in [3.63, 3.8) is 0 Å². The smallest absolute Gasteiger partial charge is 0.123 e. The molecule has 0 fully saturated rings. The zero-order valence-corrected chi connectivity index (χ0v) is 12.1. The molecule has 108 valence electrons. The van der Waals surface area contributed by atoms with Crippen molar-refractivity contribution < 1.29 is 4.39 Å². The third-order valence-electron chi connectivity index (χ3n) is 4.22. The lowest BCUT2D eigenvalue weighted by Gasteiger charge is -2.22. The number of hydrogen-bond acceptors (Lipinski definition) is 2. The SMILES string of the molecule is CCc1nn(-c2ccc(F)cc2)c2c1C(CC#N)CCC2. The number of benzene rings is 1. The molecule has 3 nitrogen and oxygen atoms in total. The summed E-state index contributed by atoms with van der Waals surface area (Å²) in [6, 6.07) is 8.75. The Hall–Kier alpha value is -2.15. The molecule has 0 spiro atoms. The minimum Gasteiger partial charge on any atom is -0.237 e. The van der Waals surface area contributed by atoms with E-state index in [2.05, 4.69) is 13.0 Å². The Morgan fingerprint density at radius 3 is 2.81 bits per heavy atom. The summed E-state index contributed by atoms with van der Waals surface area (Å²) in [4.78, 5) is 0. The standard InChI is InChI=1S/C17H18FN3/c1-2-15-17-12(10-11-19)4-3-5-16(17)21(20-15)14-8-6-13(18)7-9-14/h6-9,12H,2-5,10H2,1H3. The summed E-state index contributed by atoms with van der Waals surface area (Å²) in [5.74, 6) is 0.0562. The average Bonchev–Trinajstić information content (AvgIpc) is 2.88. The summed E-state index contributed by atoms with van der Waals surface area (Å²) >= 11 is 0. The van der Waals surface area contributed by atoms with Gasteiger partial charge in [-0.2, -0.15) is 10.4 Å². The number of aryl methyl sites for hydroxylation is 1. The molecule has 0 bridgehead atoms. The highest BCUT2D eigenvalue weighted by molar-refractivity contribution is 5.41. The molecule has 1 aliphatic carbocycles.